The molecule has 1 aliphatic heterocycles. The van der Waals surface area contributed by atoms with Crippen LogP contribution in [0, 0.1) is 5.82 Å². The minimum absolute atomic E-state index is 0.0934. The number of thiazole rings is 1. The molecule has 38 heavy (non-hydrogen) atoms. The van der Waals surface area contributed by atoms with E-state index in [2.05, 4.69) is 15.6 Å². The second kappa shape index (κ2) is 10.0. The van der Waals surface area contributed by atoms with Gasteiger partial charge in [-0.2, -0.15) is 0 Å². The zero-order valence-electron chi connectivity index (χ0n) is 19.8. The molecular formula is C26H22ClF3N4O3S. The Morgan fingerprint density at radius 2 is 1.92 bits per heavy atom. The second-order valence-electron chi connectivity index (χ2n) is 9.39. The van der Waals surface area contributed by atoms with Crippen LogP contribution in [-0.2, 0) is 14.4 Å². The number of aromatic nitrogens is 1. The van der Waals surface area contributed by atoms with Crippen molar-refractivity contribution in [1.82, 2.24) is 10.3 Å². The maximum absolute atomic E-state index is 14.2. The summed E-state index contributed by atoms with van der Waals surface area (Å²) in [4.78, 5) is 46.8. The van der Waals surface area contributed by atoms with Crippen molar-refractivity contribution in [3.63, 3.8) is 0 Å². The Labute approximate surface area is 225 Å². The van der Waals surface area contributed by atoms with E-state index >= 15 is 0 Å². The number of halogens is 4. The zero-order chi connectivity index (χ0) is 27.1. The van der Waals surface area contributed by atoms with Crippen LogP contribution >= 0.6 is 22.9 Å². The fraction of sp³-hybridized carbons (Fsp3) is 0.308. The number of nitrogens with zero attached hydrogens (tertiary/aromatic N) is 2. The second-order valence-corrected chi connectivity index (χ2v) is 10.5. The van der Waals surface area contributed by atoms with Crippen LogP contribution in [0.1, 0.15) is 37.2 Å². The van der Waals surface area contributed by atoms with E-state index in [0.717, 1.165) is 6.07 Å². The van der Waals surface area contributed by atoms with Gasteiger partial charge < -0.3 is 10.6 Å². The molecular weight excluding hydrogens is 541 g/mol. The first-order chi connectivity index (χ1) is 18.1. The highest BCUT2D eigenvalue weighted by Gasteiger charge is 2.61. The molecule has 7 nitrogen and oxygen atoms in total. The molecule has 2 atom stereocenters. The predicted molar refractivity (Wildman–Crippen MR) is 137 cm³/mol. The standard InChI is InChI=1S/C26H22ClF3N4O3S/c27-19-7-2-1-6-18(19)22(23(36)32-17-11-25(29,30)12-17)26(24(37)33-16-5-3-4-15(28)10-16)9-8-21(35)34(26)20-13-38-14-31-20/h1-7,10,13-14,17,22H,8-9,11-12H2,(H,32,36)(H,33,37)/t22-,26?/m0/s1. The van der Waals surface area contributed by atoms with Crippen molar-refractivity contribution in [3.8, 4) is 0 Å². The Morgan fingerprint density at radius 1 is 1.16 bits per heavy atom. The largest absolute Gasteiger partial charge is 0.352 e. The molecule has 1 saturated heterocycles. The van der Waals surface area contributed by atoms with Crippen LogP contribution in [0.2, 0.25) is 5.02 Å². The number of rotatable bonds is 7. The van der Waals surface area contributed by atoms with E-state index in [1.807, 2.05) is 0 Å². The van der Waals surface area contributed by atoms with Crippen LogP contribution in [0.4, 0.5) is 24.7 Å². The summed E-state index contributed by atoms with van der Waals surface area (Å²) in [6.45, 7) is 0. The normalized spacial score (nSPS) is 21.6. The van der Waals surface area contributed by atoms with Crippen molar-refractivity contribution in [3.05, 3.63) is 75.8 Å². The summed E-state index contributed by atoms with van der Waals surface area (Å²) < 4.78 is 41.1. The lowest BCUT2D eigenvalue weighted by Crippen LogP contribution is -2.63. The molecule has 5 rings (SSSR count). The molecule has 1 unspecified atom stereocenters. The van der Waals surface area contributed by atoms with E-state index in [0.29, 0.717) is 0 Å². The van der Waals surface area contributed by atoms with Gasteiger partial charge in [-0.3, -0.25) is 19.3 Å². The highest BCUT2D eigenvalue weighted by molar-refractivity contribution is 7.07. The SMILES string of the molecule is O=C(NC1CC(F)(F)C1)[C@H](c1ccccc1Cl)C1(C(=O)Nc2cccc(F)c2)CCC(=O)N1c1cscn1. The first kappa shape index (κ1) is 26.2. The van der Waals surface area contributed by atoms with Gasteiger partial charge in [0.15, 0.2) is 0 Å². The van der Waals surface area contributed by atoms with Crippen molar-refractivity contribution in [2.45, 2.75) is 49.1 Å². The van der Waals surface area contributed by atoms with Gasteiger partial charge in [0.05, 0.1) is 11.4 Å². The Balaban J connectivity index is 1.65. The third-order valence-corrected chi connectivity index (χ3v) is 7.80. The fourth-order valence-corrected chi connectivity index (χ4v) is 5.95. The summed E-state index contributed by atoms with van der Waals surface area (Å²) in [5.74, 6) is -6.67. The maximum atomic E-state index is 14.2. The maximum Gasteiger partial charge on any atom is 0.252 e. The van der Waals surface area contributed by atoms with E-state index < -0.39 is 59.8 Å². The molecule has 3 aromatic rings. The first-order valence-corrected chi connectivity index (χ1v) is 13.1. The number of hydrogen-bond donors (Lipinski definition) is 2. The van der Waals surface area contributed by atoms with Gasteiger partial charge in [0, 0.05) is 41.4 Å². The van der Waals surface area contributed by atoms with Crippen molar-refractivity contribution in [2.24, 2.45) is 0 Å². The van der Waals surface area contributed by atoms with Crippen LogP contribution < -0.4 is 15.5 Å². The average molecular weight is 563 g/mol. The Bertz CT molecular complexity index is 1380. The number of hydrogen-bond acceptors (Lipinski definition) is 5. The number of carbonyl (C=O) groups excluding carboxylic acids is 3. The van der Waals surface area contributed by atoms with Crippen molar-refractivity contribution in [1.29, 1.82) is 0 Å². The zero-order valence-corrected chi connectivity index (χ0v) is 21.4. The summed E-state index contributed by atoms with van der Waals surface area (Å²) in [6, 6.07) is 10.8. The highest BCUT2D eigenvalue weighted by atomic mass is 35.5. The average Bonchev–Trinajstić information content (AvgIpc) is 3.48. The molecule has 198 valence electrons. The third-order valence-electron chi connectivity index (χ3n) is 6.88. The first-order valence-electron chi connectivity index (χ1n) is 11.8. The van der Waals surface area contributed by atoms with Gasteiger partial charge >= 0.3 is 0 Å². The Hall–Kier alpha value is -3.44. The summed E-state index contributed by atoms with van der Waals surface area (Å²) in [7, 11) is 0. The van der Waals surface area contributed by atoms with Crippen LogP contribution in [-0.4, -0.2) is 40.2 Å². The topological polar surface area (TPSA) is 91.4 Å². The van der Waals surface area contributed by atoms with E-state index in [-0.39, 0.29) is 34.9 Å². The molecule has 2 aromatic carbocycles. The van der Waals surface area contributed by atoms with E-state index in [9.17, 15) is 27.6 Å². The summed E-state index contributed by atoms with van der Waals surface area (Å²) in [5.41, 5.74) is -0.0540. The van der Waals surface area contributed by atoms with Gasteiger partial charge in [0.25, 0.3) is 11.8 Å². The molecule has 2 heterocycles. The van der Waals surface area contributed by atoms with Crippen molar-refractivity contribution < 1.29 is 27.6 Å². The van der Waals surface area contributed by atoms with Crippen molar-refractivity contribution in [2.75, 3.05) is 10.2 Å². The Morgan fingerprint density at radius 3 is 2.58 bits per heavy atom. The van der Waals surface area contributed by atoms with Gasteiger partial charge in [0.2, 0.25) is 11.8 Å². The minimum Gasteiger partial charge on any atom is -0.352 e. The highest BCUT2D eigenvalue weighted by Crippen LogP contribution is 2.48. The van der Waals surface area contributed by atoms with Gasteiger partial charge in [-0.15, -0.1) is 11.3 Å². The van der Waals surface area contributed by atoms with Crippen LogP contribution in [0.3, 0.4) is 0 Å². The predicted octanol–water partition coefficient (Wildman–Crippen LogP) is 5.14. The van der Waals surface area contributed by atoms with Crippen LogP contribution in [0.25, 0.3) is 0 Å². The minimum atomic E-state index is -2.89. The molecule has 1 saturated carbocycles. The summed E-state index contributed by atoms with van der Waals surface area (Å²) >= 11 is 7.72. The van der Waals surface area contributed by atoms with Gasteiger partial charge in [-0.1, -0.05) is 35.9 Å². The fourth-order valence-electron chi connectivity index (χ4n) is 5.19. The Kier molecular flexibility index (Phi) is 6.91. The molecule has 2 fully saturated rings. The molecule has 1 aliphatic carbocycles. The lowest BCUT2D eigenvalue weighted by atomic mass is 9.74. The van der Waals surface area contributed by atoms with Crippen molar-refractivity contribution >= 4 is 52.2 Å². The molecule has 0 spiro atoms. The van der Waals surface area contributed by atoms with E-state index in [1.54, 1.807) is 23.6 Å². The molecule has 12 heteroatoms. The molecule has 0 radical (unpaired) electrons. The quantitative estimate of drug-likeness (QED) is 0.417. The molecule has 1 aromatic heterocycles. The molecule has 2 N–H and O–H groups in total. The molecule has 2 aliphatic rings. The number of amides is 3. The van der Waals surface area contributed by atoms with Gasteiger partial charge in [0.1, 0.15) is 17.2 Å². The molecule has 0 bridgehead atoms. The van der Waals surface area contributed by atoms with Gasteiger partial charge in [-0.05, 0) is 36.2 Å². The van der Waals surface area contributed by atoms with Crippen LogP contribution in [0.15, 0.2) is 59.4 Å². The monoisotopic (exact) mass is 562 g/mol. The molecule has 3 amide bonds. The van der Waals surface area contributed by atoms with Crippen LogP contribution in [0.5, 0.6) is 0 Å². The van der Waals surface area contributed by atoms with Gasteiger partial charge in [-0.25, -0.2) is 18.2 Å². The summed E-state index contributed by atoms with van der Waals surface area (Å²) in [6.07, 6.45) is -1.27. The smallest absolute Gasteiger partial charge is 0.252 e. The number of carbonyl (C=O) groups is 3. The summed E-state index contributed by atoms with van der Waals surface area (Å²) in [5, 5.41) is 7.02. The number of alkyl halides is 2. The third kappa shape index (κ3) is 4.76. The number of anilines is 2. The number of benzene rings is 2. The van der Waals surface area contributed by atoms with E-state index in [4.69, 9.17) is 11.6 Å². The lowest BCUT2D eigenvalue weighted by molar-refractivity contribution is -0.136. The van der Waals surface area contributed by atoms with E-state index in [1.165, 1.54) is 46.0 Å². The number of nitrogens with one attached hydrogen (secondary N) is 2. The lowest BCUT2D eigenvalue weighted by Gasteiger charge is -2.43.